The highest BCUT2D eigenvalue weighted by Gasteiger charge is 2.44. The van der Waals surface area contributed by atoms with Gasteiger partial charge in [-0.15, -0.1) is 36.4 Å². The van der Waals surface area contributed by atoms with Gasteiger partial charge in [-0.25, -0.2) is 0 Å². The van der Waals surface area contributed by atoms with Crippen LogP contribution >= 0.6 is 23.2 Å². The zero-order valence-electron chi connectivity index (χ0n) is 5.63. The predicted molar refractivity (Wildman–Crippen MR) is 46.7 cm³/mol. The van der Waals surface area contributed by atoms with Gasteiger partial charge in [0.25, 0.3) is 0 Å². The maximum atomic E-state index is 5.89. The molecule has 4 unspecified atom stereocenters. The van der Waals surface area contributed by atoms with Crippen LogP contribution in [0.5, 0.6) is 0 Å². The van der Waals surface area contributed by atoms with Crippen molar-refractivity contribution in [3.63, 3.8) is 0 Å². The molecule has 0 N–H and O–H groups in total. The Morgan fingerprint density at radius 3 is 1.40 bits per heavy atom. The molecular formula is C8H10Cl2. The molecule has 0 saturated heterocycles. The molecule has 0 aromatic heterocycles. The summed E-state index contributed by atoms with van der Waals surface area (Å²) in [6, 6.07) is 0. The van der Waals surface area contributed by atoms with Crippen molar-refractivity contribution in [3.05, 3.63) is 25.3 Å². The lowest BCUT2D eigenvalue weighted by Gasteiger charge is -2.42. The van der Waals surface area contributed by atoms with Crippen LogP contribution in [-0.4, -0.2) is 10.8 Å². The molecule has 0 aromatic carbocycles. The monoisotopic (exact) mass is 176 g/mol. The van der Waals surface area contributed by atoms with Crippen molar-refractivity contribution in [2.24, 2.45) is 11.8 Å². The third-order valence-electron chi connectivity index (χ3n) is 2.03. The van der Waals surface area contributed by atoms with E-state index in [0.29, 0.717) is 11.8 Å². The van der Waals surface area contributed by atoms with Gasteiger partial charge < -0.3 is 0 Å². The molecule has 2 heteroatoms. The molecule has 0 radical (unpaired) electrons. The Morgan fingerprint density at radius 1 is 0.900 bits per heavy atom. The average Bonchev–Trinajstić information content (AvgIpc) is 1.97. The summed E-state index contributed by atoms with van der Waals surface area (Å²) in [4.78, 5) is 0. The normalized spacial score (nSPS) is 45.8. The summed E-state index contributed by atoms with van der Waals surface area (Å²) in [5.41, 5.74) is 0. The standard InChI is InChI=1S/C8H10Cl2/c1-3-5-6(4-2)8(10)7(5)9/h3-8H,1-2H2. The first-order valence-electron chi connectivity index (χ1n) is 3.25. The molecule has 1 rings (SSSR count). The molecule has 4 atom stereocenters. The number of alkyl halides is 2. The highest BCUT2D eigenvalue weighted by Crippen LogP contribution is 2.43. The molecule has 0 bridgehead atoms. The summed E-state index contributed by atoms with van der Waals surface area (Å²) in [7, 11) is 0. The first-order chi connectivity index (χ1) is 4.72. The van der Waals surface area contributed by atoms with Gasteiger partial charge in [0.1, 0.15) is 0 Å². The molecule has 0 amide bonds. The number of halogens is 2. The van der Waals surface area contributed by atoms with Crippen LogP contribution in [0.4, 0.5) is 0 Å². The van der Waals surface area contributed by atoms with Gasteiger partial charge in [0.05, 0.1) is 10.8 Å². The van der Waals surface area contributed by atoms with Crippen LogP contribution < -0.4 is 0 Å². The van der Waals surface area contributed by atoms with E-state index in [2.05, 4.69) is 13.2 Å². The topological polar surface area (TPSA) is 0 Å². The average molecular weight is 177 g/mol. The van der Waals surface area contributed by atoms with E-state index in [0.717, 1.165) is 0 Å². The summed E-state index contributed by atoms with van der Waals surface area (Å²) in [6.45, 7) is 7.35. The fourth-order valence-electron chi connectivity index (χ4n) is 1.28. The molecule has 10 heavy (non-hydrogen) atoms. The van der Waals surface area contributed by atoms with E-state index in [1.165, 1.54) is 0 Å². The molecule has 1 saturated carbocycles. The molecule has 1 aliphatic carbocycles. The van der Waals surface area contributed by atoms with Gasteiger partial charge in [0.2, 0.25) is 0 Å². The van der Waals surface area contributed by atoms with E-state index in [1.807, 2.05) is 12.2 Å². The van der Waals surface area contributed by atoms with Gasteiger partial charge in [-0.05, 0) is 0 Å². The van der Waals surface area contributed by atoms with Crippen molar-refractivity contribution in [3.8, 4) is 0 Å². The van der Waals surface area contributed by atoms with Gasteiger partial charge in [0.15, 0.2) is 0 Å². The van der Waals surface area contributed by atoms with Gasteiger partial charge in [0, 0.05) is 11.8 Å². The van der Waals surface area contributed by atoms with E-state index < -0.39 is 0 Å². The molecule has 1 aliphatic rings. The minimum Gasteiger partial charge on any atom is -0.121 e. The maximum absolute atomic E-state index is 5.89. The Balaban J connectivity index is 2.59. The quantitative estimate of drug-likeness (QED) is 0.449. The minimum absolute atomic E-state index is 0.0437. The molecule has 1 fully saturated rings. The van der Waals surface area contributed by atoms with Crippen LogP contribution in [0.15, 0.2) is 25.3 Å². The van der Waals surface area contributed by atoms with Crippen molar-refractivity contribution < 1.29 is 0 Å². The van der Waals surface area contributed by atoms with Gasteiger partial charge in [-0.2, -0.15) is 0 Å². The second kappa shape index (κ2) is 2.98. The largest absolute Gasteiger partial charge is 0.121 e. The van der Waals surface area contributed by atoms with Crippen LogP contribution in [0.2, 0.25) is 0 Å². The summed E-state index contributed by atoms with van der Waals surface area (Å²) in [6.07, 6.45) is 3.70. The number of allylic oxidation sites excluding steroid dienone is 2. The summed E-state index contributed by atoms with van der Waals surface area (Å²) < 4.78 is 0. The minimum atomic E-state index is 0.0437. The van der Waals surface area contributed by atoms with Crippen molar-refractivity contribution in [1.29, 1.82) is 0 Å². The Bertz CT molecular complexity index is 135. The Labute approximate surface area is 71.5 Å². The number of hydrogen-bond acceptors (Lipinski definition) is 0. The lowest BCUT2D eigenvalue weighted by Crippen LogP contribution is -2.47. The zero-order valence-corrected chi connectivity index (χ0v) is 7.15. The van der Waals surface area contributed by atoms with Crippen molar-refractivity contribution >= 4 is 23.2 Å². The molecular weight excluding hydrogens is 167 g/mol. The maximum Gasteiger partial charge on any atom is 0.0574 e. The smallest absolute Gasteiger partial charge is 0.0574 e. The highest BCUT2D eigenvalue weighted by atomic mass is 35.5. The highest BCUT2D eigenvalue weighted by molar-refractivity contribution is 6.31. The zero-order chi connectivity index (χ0) is 7.72. The van der Waals surface area contributed by atoms with E-state index in [-0.39, 0.29) is 10.8 Å². The SMILES string of the molecule is C=CC1C(Cl)C(Cl)C1C=C. The molecule has 0 spiro atoms. The molecule has 0 nitrogen and oxygen atoms in total. The molecule has 0 heterocycles. The van der Waals surface area contributed by atoms with Crippen molar-refractivity contribution in [1.82, 2.24) is 0 Å². The third kappa shape index (κ3) is 0.998. The second-order valence-corrected chi connectivity index (χ2v) is 3.52. The third-order valence-corrected chi connectivity index (χ3v) is 3.28. The fraction of sp³-hybridized carbons (Fsp3) is 0.500. The Hall–Kier alpha value is 0.0600. The van der Waals surface area contributed by atoms with Crippen LogP contribution in [0.25, 0.3) is 0 Å². The predicted octanol–water partition coefficient (Wildman–Crippen LogP) is 2.82. The van der Waals surface area contributed by atoms with Gasteiger partial charge in [-0.1, -0.05) is 12.2 Å². The molecule has 0 aromatic rings. The Morgan fingerprint density at radius 2 is 1.20 bits per heavy atom. The number of rotatable bonds is 2. The summed E-state index contributed by atoms with van der Waals surface area (Å²) in [5, 5.41) is 0.0873. The van der Waals surface area contributed by atoms with Crippen LogP contribution in [0.1, 0.15) is 0 Å². The van der Waals surface area contributed by atoms with E-state index in [4.69, 9.17) is 23.2 Å². The van der Waals surface area contributed by atoms with Crippen LogP contribution in [0, 0.1) is 11.8 Å². The van der Waals surface area contributed by atoms with E-state index in [1.54, 1.807) is 0 Å². The fourth-order valence-corrected chi connectivity index (χ4v) is 2.16. The van der Waals surface area contributed by atoms with E-state index >= 15 is 0 Å². The lowest BCUT2D eigenvalue weighted by atomic mass is 9.73. The van der Waals surface area contributed by atoms with Crippen LogP contribution in [0.3, 0.4) is 0 Å². The molecule has 0 aliphatic heterocycles. The van der Waals surface area contributed by atoms with Gasteiger partial charge >= 0.3 is 0 Å². The van der Waals surface area contributed by atoms with Crippen LogP contribution in [-0.2, 0) is 0 Å². The summed E-state index contributed by atoms with van der Waals surface area (Å²) in [5.74, 6) is 0.642. The van der Waals surface area contributed by atoms with Crippen molar-refractivity contribution in [2.75, 3.05) is 0 Å². The first kappa shape index (κ1) is 8.16. The summed E-state index contributed by atoms with van der Waals surface area (Å²) >= 11 is 11.8. The van der Waals surface area contributed by atoms with E-state index in [9.17, 15) is 0 Å². The Kier molecular flexibility index (Phi) is 2.43. The number of hydrogen-bond donors (Lipinski definition) is 0. The molecule has 56 valence electrons. The second-order valence-electron chi connectivity index (χ2n) is 2.51. The first-order valence-corrected chi connectivity index (χ1v) is 4.13. The van der Waals surface area contributed by atoms with Gasteiger partial charge in [-0.3, -0.25) is 0 Å². The lowest BCUT2D eigenvalue weighted by molar-refractivity contribution is 0.305. The van der Waals surface area contributed by atoms with Crippen molar-refractivity contribution in [2.45, 2.75) is 10.8 Å².